The van der Waals surface area contributed by atoms with E-state index in [2.05, 4.69) is 4.83 Å². The number of sulfonamides is 1. The second-order valence-electron chi connectivity index (χ2n) is 8.18. The summed E-state index contributed by atoms with van der Waals surface area (Å²) in [5.41, 5.74) is 2.78. The van der Waals surface area contributed by atoms with Crippen molar-refractivity contribution in [3.05, 3.63) is 76.8 Å². The molecular weight excluding hydrogens is 480 g/mol. The Morgan fingerprint density at radius 1 is 0.694 bits per heavy atom. The number of aromatic nitrogens is 1. The zero-order valence-corrected chi connectivity index (χ0v) is 21.8. The first-order valence-electron chi connectivity index (χ1n) is 11.1. The molecule has 0 atom stereocenters. The topological polar surface area (TPSA) is 89.0 Å². The summed E-state index contributed by atoms with van der Waals surface area (Å²) in [5.74, 6) is 2.11. The first kappa shape index (κ1) is 25.1. The molecule has 0 aliphatic rings. The summed E-state index contributed by atoms with van der Waals surface area (Å²) < 4.78 is 50.1. The van der Waals surface area contributed by atoms with Crippen LogP contribution in [0.4, 0.5) is 0 Å². The van der Waals surface area contributed by atoms with Crippen molar-refractivity contribution in [2.75, 3.05) is 28.4 Å². The number of benzene rings is 3. The van der Waals surface area contributed by atoms with E-state index in [0.717, 1.165) is 10.9 Å². The van der Waals surface area contributed by atoms with Crippen LogP contribution in [0.2, 0.25) is 0 Å². The SMILES string of the molecule is COc1ccc(-c2c3cc(OC)c(OC)cc3cc(C)[n+]2[N-]S(=O)(=O)c2ccc(C)cc2)cc1OC. The van der Waals surface area contributed by atoms with Gasteiger partial charge in [-0.05, 0) is 54.8 Å². The summed E-state index contributed by atoms with van der Waals surface area (Å²) in [7, 11) is 2.19. The van der Waals surface area contributed by atoms with E-state index in [1.807, 2.05) is 31.2 Å². The Bertz CT molecular complexity index is 1530. The lowest BCUT2D eigenvalue weighted by Crippen LogP contribution is -2.38. The molecule has 0 aliphatic carbocycles. The molecule has 0 unspecified atom stereocenters. The fourth-order valence-corrected chi connectivity index (χ4v) is 5.03. The van der Waals surface area contributed by atoms with Crippen LogP contribution < -0.4 is 23.6 Å². The molecule has 0 aliphatic heterocycles. The highest BCUT2D eigenvalue weighted by molar-refractivity contribution is 7.93. The molecule has 9 heteroatoms. The van der Waals surface area contributed by atoms with Gasteiger partial charge in [0.05, 0.1) is 44.3 Å². The van der Waals surface area contributed by atoms with E-state index in [-0.39, 0.29) is 4.90 Å². The average molecular weight is 509 g/mol. The van der Waals surface area contributed by atoms with Gasteiger partial charge in [0, 0.05) is 13.0 Å². The number of methoxy groups -OCH3 is 4. The number of aryl methyl sites for hydroxylation is 2. The van der Waals surface area contributed by atoms with Crippen molar-refractivity contribution in [2.45, 2.75) is 18.7 Å². The predicted octanol–water partition coefficient (Wildman–Crippen LogP) is 4.97. The maximum Gasteiger partial charge on any atom is 0.217 e. The molecule has 0 fully saturated rings. The summed E-state index contributed by atoms with van der Waals surface area (Å²) >= 11 is 0. The van der Waals surface area contributed by atoms with Crippen LogP contribution >= 0.6 is 0 Å². The molecule has 0 bridgehead atoms. The fraction of sp³-hybridized carbons (Fsp3) is 0.222. The van der Waals surface area contributed by atoms with E-state index in [4.69, 9.17) is 18.9 Å². The highest BCUT2D eigenvalue weighted by atomic mass is 32.2. The third-order valence-electron chi connectivity index (χ3n) is 5.89. The van der Waals surface area contributed by atoms with Crippen molar-refractivity contribution in [3.8, 4) is 34.3 Å². The largest absolute Gasteiger partial charge is 0.493 e. The van der Waals surface area contributed by atoms with E-state index in [1.54, 1.807) is 71.8 Å². The van der Waals surface area contributed by atoms with Gasteiger partial charge in [-0.15, -0.1) is 0 Å². The second-order valence-corrected chi connectivity index (χ2v) is 9.76. The molecule has 4 aromatic rings. The van der Waals surface area contributed by atoms with E-state index < -0.39 is 10.0 Å². The fourth-order valence-electron chi connectivity index (χ4n) is 4.03. The minimum absolute atomic E-state index is 0.102. The number of nitrogens with zero attached hydrogens (tertiary/aromatic N) is 2. The van der Waals surface area contributed by atoms with Gasteiger partial charge in [-0.2, -0.15) is 0 Å². The molecule has 0 N–H and O–H groups in total. The predicted molar refractivity (Wildman–Crippen MR) is 138 cm³/mol. The van der Waals surface area contributed by atoms with Crippen molar-refractivity contribution < 1.29 is 32.0 Å². The number of hydrogen-bond acceptors (Lipinski definition) is 6. The van der Waals surface area contributed by atoms with Crippen molar-refractivity contribution in [1.29, 1.82) is 0 Å². The summed E-state index contributed by atoms with van der Waals surface area (Å²) in [6.07, 6.45) is 0. The van der Waals surface area contributed by atoms with E-state index in [1.165, 1.54) is 4.68 Å². The lowest BCUT2D eigenvalue weighted by atomic mass is 10.0. The second kappa shape index (κ2) is 9.94. The van der Waals surface area contributed by atoms with Gasteiger partial charge in [0.1, 0.15) is 0 Å². The Hall–Kier alpha value is -3.98. The van der Waals surface area contributed by atoms with Crippen LogP contribution in [0.1, 0.15) is 11.3 Å². The summed E-state index contributed by atoms with van der Waals surface area (Å²) in [4.78, 5) is 4.36. The Morgan fingerprint density at radius 2 is 1.28 bits per heavy atom. The van der Waals surface area contributed by atoms with Crippen molar-refractivity contribution in [1.82, 2.24) is 0 Å². The van der Waals surface area contributed by atoms with Crippen LogP contribution in [-0.2, 0) is 10.0 Å². The van der Waals surface area contributed by atoms with Crippen LogP contribution in [0.25, 0.3) is 26.9 Å². The van der Waals surface area contributed by atoms with Gasteiger partial charge in [0.15, 0.2) is 38.7 Å². The molecule has 4 rings (SSSR count). The molecule has 1 aromatic heterocycles. The van der Waals surface area contributed by atoms with Crippen LogP contribution in [0.15, 0.2) is 65.6 Å². The molecule has 0 saturated heterocycles. The monoisotopic (exact) mass is 508 g/mol. The van der Waals surface area contributed by atoms with E-state index >= 15 is 0 Å². The van der Waals surface area contributed by atoms with Crippen LogP contribution in [0.3, 0.4) is 0 Å². The standard InChI is InChI=1S/C27H28N2O6S/c1-17-7-10-21(11-8-17)36(30,31)28-29-18(2)13-20-15-25(34-5)26(35-6)16-22(20)27(29)19-9-12-23(32-3)24(14-19)33-4/h7-16H,1-6H3. The summed E-state index contributed by atoms with van der Waals surface area (Å²) in [6.45, 7) is 3.70. The molecule has 8 nitrogen and oxygen atoms in total. The lowest BCUT2D eigenvalue weighted by Gasteiger charge is -2.22. The number of ether oxygens (including phenoxy) is 4. The van der Waals surface area contributed by atoms with Gasteiger partial charge in [0.25, 0.3) is 0 Å². The molecular formula is C27H28N2O6S. The summed E-state index contributed by atoms with van der Waals surface area (Å²) in [5, 5.41) is 1.54. The molecule has 0 spiro atoms. The Morgan fingerprint density at radius 3 is 1.89 bits per heavy atom. The smallest absolute Gasteiger partial charge is 0.217 e. The molecule has 0 saturated carbocycles. The maximum atomic E-state index is 13.4. The zero-order valence-electron chi connectivity index (χ0n) is 21.0. The van der Waals surface area contributed by atoms with E-state index in [0.29, 0.717) is 45.3 Å². The van der Waals surface area contributed by atoms with Gasteiger partial charge in [-0.25, -0.2) is 13.1 Å². The highest BCUT2D eigenvalue weighted by Crippen LogP contribution is 2.39. The number of pyridine rings is 1. The van der Waals surface area contributed by atoms with Crippen molar-refractivity contribution in [2.24, 2.45) is 0 Å². The van der Waals surface area contributed by atoms with Crippen LogP contribution in [0, 0.1) is 13.8 Å². The quantitative estimate of drug-likeness (QED) is 0.312. The zero-order chi connectivity index (χ0) is 26.0. The van der Waals surface area contributed by atoms with Gasteiger partial charge in [-0.3, -0.25) is 0 Å². The van der Waals surface area contributed by atoms with Gasteiger partial charge < -0.3 is 23.8 Å². The lowest BCUT2D eigenvalue weighted by molar-refractivity contribution is -0.607. The van der Waals surface area contributed by atoms with Crippen LogP contribution in [-0.4, -0.2) is 36.9 Å². The Balaban J connectivity index is 2.03. The Kier molecular flexibility index (Phi) is 6.94. The number of fused-ring (bicyclic) bond motifs is 1. The minimum atomic E-state index is -4.03. The minimum Gasteiger partial charge on any atom is -0.493 e. The third-order valence-corrected chi connectivity index (χ3v) is 7.13. The third kappa shape index (κ3) is 4.61. The first-order valence-corrected chi connectivity index (χ1v) is 12.5. The number of hydrogen-bond donors (Lipinski definition) is 0. The van der Waals surface area contributed by atoms with Gasteiger partial charge >= 0.3 is 0 Å². The molecule has 3 aromatic carbocycles. The normalized spacial score (nSPS) is 11.3. The molecule has 0 amide bonds. The average Bonchev–Trinajstić information content (AvgIpc) is 2.88. The van der Waals surface area contributed by atoms with Gasteiger partial charge in [-0.1, -0.05) is 17.7 Å². The molecule has 1 heterocycles. The Labute approximate surface area is 211 Å². The van der Waals surface area contributed by atoms with Crippen LogP contribution in [0.5, 0.6) is 23.0 Å². The molecule has 0 radical (unpaired) electrons. The summed E-state index contributed by atoms with van der Waals surface area (Å²) in [6, 6.07) is 17.5. The number of rotatable bonds is 8. The van der Waals surface area contributed by atoms with Crippen molar-refractivity contribution in [3.63, 3.8) is 0 Å². The first-order chi connectivity index (χ1) is 17.2. The van der Waals surface area contributed by atoms with Gasteiger partial charge in [0.2, 0.25) is 5.69 Å². The molecule has 188 valence electrons. The maximum absolute atomic E-state index is 13.4. The highest BCUT2D eigenvalue weighted by Gasteiger charge is 2.23. The molecule has 36 heavy (non-hydrogen) atoms. The van der Waals surface area contributed by atoms with E-state index in [9.17, 15) is 8.42 Å². The van der Waals surface area contributed by atoms with Crippen molar-refractivity contribution >= 4 is 20.8 Å².